The highest BCUT2D eigenvalue weighted by atomic mass is 16.1. The highest BCUT2D eigenvalue weighted by molar-refractivity contribution is 5.47. The maximum atomic E-state index is 12.7. The molecular formula is C18H18N6O. The van der Waals surface area contributed by atoms with Crippen LogP contribution in [0.1, 0.15) is 24.9 Å². The third kappa shape index (κ3) is 2.76. The second-order valence-corrected chi connectivity index (χ2v) is 5.87. The average Bonchev–Trinajstić information content (AvgIpc) is 3.07. The van der Waals surface area contributed by atoms with E-state index in [1.54, 1.807) is 21.5 Å². The molecule has 0 saturated heterocycles. The zero-order valence-corrected chi connectivity index (χ0v) is 14.0. The van der Waals surface area contributed by atoms with Gasteiger partial charge in [-0.15, -0.1) is 5.10 Å². The Morgan fingerprint density at radius 2 is 2.16 bits per heavy atom. The lowest BCUT2D eigenvalue weighted by Crippen LogP contribution is -2.40. The molecule has 0 atom stereocenters. The van der Waals surface area contributed by atoms with E-state index in [1.165, 1.54) is 0 Å². The first-order valence-corrected chi connectivity index (χ1v) is 8.40. The van der Waals surface area contributed by atoms with Crippen LogP contribution in [0.2, 0.25) is 0 Å². The molecule has 0 spiro atoms. The van der Waals surface area contributed by atoms with E-state index in [2.05, 4.69) is 26.9 Å². The zero-order valence-electron chi connectivity index (χ0n) is 14.0. The first-order valence-electron chi connectivity index (χ1n) is 8.40. The smallest absolute Gasteiger partial charge is 0.280 e. The lowest BCUT2D eigenvalue weighted by molar-refractivity contribution is 0.532. The number of nitrogens with zero attached hydrogens (tertiary/aromatic N) is 6. The standard InChI is InChI=1S/C18H18N6O/c1-2-16-20-13-15-17(25)23-12-6-11-22(18(23)21-24(15)16)10-5-8-14-7-3-4-9-19-14/h3-4,7,9,13H,2,6,10-12H2,1H3. The van der Waals surface area contributed by atoms with Gasteiger partial charge in [-0.3, -0.25) is 9.36 Å². The molecule has 126 valence electrons. The summed E-state index contributed by atoms with van der Waals surface area (Å²) in [5, 5.41) is 4.67. The molecule has 0 saturated carbocycles. The van der Waals surface area contributed by atoms with Crippen LogP contribution in [0.4, 0.5) is 5.95 Å². The summed E-state index contributed by atoms with van der Waals surface area (Å²) in [4.78, 5) is 23.3. The lowest BCUT2D eigenvalue weighted by atomic mass is 10.3. The molecule has 4 rings (SSSR count). The van der Waals surface area contributed by atoms with E-state index >= 15 is 0 Å². The van der Waals surface area contributed by atoms with Gasteiger partial charge in [0.2, 0.25) is 5.95 Å². The Balaban J connectivity index is 1.70. The average molecular weight is 334 g/mol. The quantitative estimate of drug-likeness (QED) is 0.657. The van der Waals surface area contributed by atoms with Crippen molar-refractivity contribution in [2.24, 2.45) is 0 Å². The van der Waals surface area contributed by atoms with Crippen molar-refractivity contribution in [3.63, 3.8) is 0 Å². The maximum Gasteiger partial charge on any atom is 0.280 e. The number of pyridine rings is 1. The van der Waals surface area contributed by atoms with E-state index in [9.17, 15) is 4.79 Å². The summed E-state index contributed by atoms with van der Waals surface area (Å²) in [7, 11) is 0. The lowest BCUT2D eigenvalue weighted by Gasteiger charge is -2.28. The van der Waals surface area contributed by atoms with Gasteiger partial charge >= 0.3 is 0 Å². The minimum absolute atomic E-state index is 0.0421. The predicted molar refractivity (Wildman–Crippen MR) is 94.6 cm³/mol. The summed E-state index contributed by atoms with van der Waals surface area (Å²) in [6.07, 6.45) is 4.96. The molecule has 0 amide bonds. The SMILES string of the molecule is CCc1ncc2c(=O)n3c(nn12)N(CC#Cc1ccccn1)CCC3. The molecule has 7 nitrogen and oxygen atoms in total. The molecule has 1 aliphatic rings. The van der Waals surface area contributed by atoms with Crippen LogP contribution in [0, 0.1) is 11.8 Å². The Kier molecular flexibility index (Phi) is 3.94. The fraction of sp³-hybridized carbons (Fsp3) is 0.333. The predicted octanol–water partition coefficient (Wildman–Crippen LogP) is 1.11. The van der Waals surface area contributed by atoms with Gasteiger partial charge < -0.3 is 4.90 Å². The molecule has 4 heterocycles. The van der Waals surface area contributed by atoms with Gasteiger partial charge in [-0.2, -0.15) is 0 Å². The Labute approximate surface area is 144 Å². The molecule has 0 unspecified atom stereocenters. The number of fused-ring (bicyclic) bond motifs is 2. The molecule has 0 radical (unpaired) electrons. The summed E-state index contributed by atoms with van der Waals surface area (Å²) in [6, 6.07) is 5.66. The Morgan fingerprint density at radius 3 is 2.96 bits per heavy atom. The molecule has 0 bridgehead atoms. The van der Waals surface area contributed by atoms with Crippen LogP contribution < -0.4 is 10.5 Å². The maximum absolute atomic E-state index is 12.7. The van der Waals surface area contributed by atoms with Crippen molar-refractivity contribution in [1.82, 2.24) is 24.1 Å². The third-order valence-corrected chi connectivity index (χ3v) is 4.26. The van der Waals surface area contributed by atoms with Crippen LogP contribution in [0.25, 0.3) is 5.52 Å². The summed E-state index contributed by atoms with van der Waals surface area (Å²) >= 11 is 0. The first-order chi connectivity index (χ1) is 12.3. The summed E-state index contributed by atoms with van der Waals surface area (Å²) < 4.78 is 3.39. The summed E-state index contributed by atoms with van der Waals surface area (Å²) in [5.74, 6) is 7.64. The van der Waals surface area contributed by atoms with Crippen molar-refractivity contribution in [2.75, 3.05) is 18.0 Å². The summed E-state index contributed by atoms with van der Waals surface area (Å²) in [5.41, 5.74) is 1.23. The molecule has 0 aliphatic carbocycles. The van der Waals surface area contributed by atoms with Gasteiger partial charge in [0, 0.05) is 25.7 Å². The van der Waals surface area contributed by atoms with Crippen molar-refractivity contribution < 1.29 is 0 Å². The van der Waals surface area contributed by atoms with E-state index in [-0.39, 0.29) is 5.56 Å². The molecule has 0 fully saturated rings. The van der Waals surface area contributed by atoms with Gasteiger partial charge in [0.25, 0.3) is 5.56 Å². The van der Waals surface area contributed by atoms with Crippen LogP contribution in [0.3, 0.4) is 0 Å². The molecule has 0 aromatic carbocycles. The topological polar surface area (TPSA) is 68.3 Å². The molecular weight excluding hydrogens is 316 g/mol. The first kappa shape index (κ1) is 15.4. The van der Waals surface area contributed by atoms with Gasteiger partial charge in [0.15, 0.2) is 5.52 Å². The van der Waals surface area contributed by atoms with Crippen LogP contribution >= 0.6 is 0 Å². The van der Waals surface area contributed by atoms with E-state index in [1.807, 2.05) is 30.0 Å². The fourth-order valence-electron chi connectivity index (χ4n) is 3.02. The van der Waals surface area contributed by atoms with Crippen LogP contribution in [0.5, 0.6) is 0 Å². The van der Waals surface area contributed by atoms with Crippen molar-refractivity contribution in [3.8, 4) is 11.8 Å². The summed E-state index contributed by atoms with van der Waals surface area (Å²) in [6.45, 7) is 4.01. The Bertz CT molecular complexity index is 1020. The molecule has 25 heavy (non-hydrogen) atoms. The van der Waals surface area contributed by atoms with Crippen LogP contribution in [-0.2, 0) is 13.0 Å². The number of rotatable bonds is 2. The van der Waals surface area contributed by atoms with Crippen molar-refractivity contribution >= 4 is 11.5 Å². The normalized spacial score (nSPS) is 13.4. The van der Waals surface area contributed by atoms with Crippen LogP contribution in [0.15, 0.2) is 35.4 Å². The highest BCUT2D eigenvalue weighted by Crippen LogP contribution is 2.16. The minimum atomic E-state index is -0.0421. The molecule has 3 aromatic heterocycles. The number of imidazole rings is 1. The fourth-order valence-corrected chi connectivity index (χ4v) is 3.02. The second-order valence-electron chi connectivity index (χ2n) is 5.87. The monoisotopic (exact) mass is 334 g/mol. The molecule has 3 aromatic rings. The number of hydrogen-bond acceptors (Lipinski definition) is 5. The van der Waals surface area contributed by atoms with Gasteiger partial charge in [-0.25, -0.2) is 14.5 Å². The number of hydrogen-bond donors (Lipinski definition) is 0. The second kappa shape index (κ2) is 6.40. The minimum Gasteiger partial charge on any atom is -0.330 e. The number of anilines is 1. The molecule has 1 aliphatic heterocycles. The van der Waals surface area contributed by atoms with Gasteiger partial charge in [0.1, 0.15) is 11.5 Å². The largest absolute Gasteiger partial charge is 0.330 e. The van der Waals surface area contributed by atoms with E-state index in [4.69, 9.17) is 0 Å². The van der Waals surface area contributed by atoms with Gasteiger partial charge in [0.05, 0.1) is 12.7 Å². The van der Waals surface area contributed by atoms with E-state index < -0.39 is 0 Å². The van der Waals surface area contributed by atoms with Crippen molar-refractivity contribution in [3.05, 3.63) is 52.5 Å². The van der Waals surface area contributed by atoms with Crippen LogP contribution in [-0.4, -0.2) is 37.2 Å². The van der Waals surface area contributed by atoms with Gasteiger partial charge in [-0.05, 0) is 24.5 Å². The Hall–Kier alpha value is -3.14. The zero-order chi connectivity index (χ0) is 17.2. The third-order valence-electron chi connectivity index (χ3n) is 4.26. The molecule has 0 N–H and O–H groups in total. The molecule has 7 heteroatoms. The van der Waals surface area contributed by atoms with E-state index in [0.717, 1.165) is 30.9 Å². The van der Waals surface area contributed by atoms with Crippen molar-refractivity contribution in [2.45, 2.75) is 26.3 Å². The number of aryl methyl sites for hydroxylation is 1. The van der Waals surface area contributed by atoms with Gasteiger partial charge in [-0.1, -0.05) is 18.9 Å². The highest BCUT2D eigenvalue weighted by Gasteiger charge is 2.22. The number of aromatic nitrogens is 5. The van der Waals surface area contributed by atoms with E-state index in [0.29, 0.717) is 24.6 Å². The Morgan fingerprint density at radius 1 is 1.24 bits per heavy atom. The van der Waals surface area contributed by atoms with Crippen molar-refractivity contribution in [1.29, 1.82) is 0 Å².